The molecule has 1 unspecified atom stereocenters. The SMILES string of the molecule is COc1ccc(C(=O)NCCNc2ccccc2[N+](=O)[O-])cc1S(=O)(=O)N1CCCCC1C. The van der Waals surface area contributed by atoms with Crippen LogP contribution >= 0.6 is 0 Å². The van der Waals surface area contributed by atoms with Crippen LogP contribution < -0.4 is 15.4 Å². The molecule has 1 amide bonds. The van der Waals surface area contributed by atoms with Crippen molar-refractivity contribution in [2.45, 2.75) is 37.1 Å². The van der Waals surface area contributed by atoms with Gasteiger partial charge >= 0.3 is 0 Å². The minimum absolute atomic E-state index is 0.0376. The molecule has 1 atom stereocenters. The van der Waals surface area contributed by atoms with E-state index in [1.807, 2.05) is 6.92 Å². The fourth-order valence-electron chi connectivity index (χ4n) is 3.83. The van der Waals surface area contributed by atoms with Crippen LogP contribution in [-0.4, -0.2) is 56.3 Å². The number of benzene rings is 2. The molecule has 0 spiro atoms. The Hall–Kier alpha value is -3.18. The van der Waals surface area contributed by atoms with Gasteiger partial charge in [0.1, 0.15) is 16.3 Å². The summed E-state index contributed by atoms with van der Waals surface area (Å²) in [5, 5.41) is 16.7. The Labute approximate surface area is 193 Å². The lowest BCUT2D eigenvalue weighted by Gasteiger charge is -2.32. The van der Waals surface area contributed by atoms with Gasteiger partial charge in [-0.05, 0) is 44.0 Å². The number of anilines is 1. The van der Waals surface area contributed by atoms with Gasteiger partial charge in [-0.25, -0.2) is 8.42 Å². The lowest BCUT2D eigenvalue weighted by molar-refractivity contribution is -0.384. The van der Waals surface area contributed by atoms with Crippen molar-refractivity contribution in [2.75, 3.05) is 32.1 Å². The highest BCUT2D eigenvalue weighted by Crippen LogP contribution is 2.31. The first-order valence-corrected chi connectivity index (χ1v) is 12.1. The molecule has 0 aromatic heterocycles. The second-order valence-corrected chi connectivity index (χ2v) is 9.64. The Bertz CT molecular complexity index is 1120. The number of amides is 1. The zero-order valence-corrected chi connectivity index (χ0v) is 19.4. The molecule has 1 saturated heterocycles. The molecule has 178 valence electrons. The fraction of sp³-hybridized carbons (Fsp3) is 0.409. The molecule has 2 N–H and O–H groups in total. The van der Waals surface area contributed by atoms with Crippen molar-refractivity contribution < 1.29 is 22.9 Å². The molecule has 11 heteroatoms. The Morgan fingerprint density at radius 2 is 1.97 bits per heavy atom. The summed E-state index contributed by atoms with van der Waals surface area (Å²) < 4.78 is 33.3. The number of piperidine rings is 1. The van der Waals surface area contributed by atoms with Crippen LogP contribution in [0.25, 0.3) is 0 Å². The van der Waals surface area contributed by atoms with Crippen molar-refractivity contribution >= 4 is 27.3 Å². The summed E-state index contributed by atoms with van der Waals surface area (Å²) in [5.41, 5.74) is 0.482. The summed E-state index contributed by atoms with van der Waals surface area (Å²) in [4.78, 5) is 23.2. The van der Waals surface area contributed by atoms with Gasteiger partial charge in [0, 0.05) is 37.3 Å². The van der Waals surface area contributed by atoms with Crippen LogP contribution in [0.2, 0.25) is 0 Å². The van der Waals surface area contributed by atoms with Crippen LogP contribution in [0.4, 0.5) is 11.4 Å². The standard InChI is InChI=1S/C22H28N4O6S/c1-16-7-5-6-14-25(16)33(30,31)21-15-17(10-11-20(21)32-2)22(27)24-13-12-23-18-8-3-4-9-19(18)26(28)29/h3-4,8-11,15-16,23H,5-7,12-14H2,1-2H3,(H,24,27). The fourth-order valence-corrected chi connectivity index (χ4v) is 5.72. The van der Waals surface area contributed by atoms with Crippen molar-refractivity contribution in [3.05, 3.63) is 58.1 Å². The first-order chi connectivity index (χ1) is 15.8. The zero-order chi connectivity index (χ0) is 24.0. The summed E-state index contributed by atoms with van der Waals surface area (Å²) in [6.45, 7) is 2.75. The van der Waals surface area contributed by atoms with Crippen LogP contribution in [0.15, 0.2) is 47.4 Å². The van der Waals surface area contributed by atoms with Crippen molar-refractivity contribution in [1.29, 1.82) is 0 Å². The van der Waals surface area contributed by atoms with Gasteiger partial charge in [0.05, 0.1) is 12.0 Å². The second kappa shape index (κ2) is 10.6. The third-order valence-corrected chi connectivity index (χ3v) is 7.62. The molecule has 3 rings (SSSR count). The lowest BCUT2D eigenvalue weighted by Crippen LogP contribution is -2.42. The number of methoxy groups -OCH3 is 1. The molecule has 10 nitrogen and oxygen atoms in total. The maximum absolute atomic E-state index is 13.3. The first-order valence-electron chi connectivity index (χ1n) is 10.7. The van der Waals surface area contributed by atoms with Crippen molar-refractivity contribution in [1.82, 2.24) is 9.62 Å². The third-order valence-electron chi connectivity index (χ3n) is 5.58. The van der Waals surface area contributed by atoms with Crippen LogP contribution in [0.3, 0.4) is 0 Å². The average Bonchev–Trinajstić information content (AvgIpc) is 2.81. The van der Waals surface area contributed by atoms with Crippen molar-refractivity contribution in [2.24, 2.45) is 0 Å². The van der Waals surface area contributed by atoms with Gasteiger partial charge in [-0.2, -0.15) is 4.31 Å². The maximum atomic E-state index is 13.3. The number of nitro groups is 1. The number of carbonyl (C=O) groups excluding carboxylic acids is 1. The van der Waals surface area contributed by atoms with Crippen molar-refractivity contribution in [3.63, 3.8) is 0 Å². The smallest absolute Gasteiger partial charge is 0.292 e. The van der Waals surface area contributed by atoms with Gasteiger partial charge < -0.3 is 15.4 Å². The quantitative estimate of drug-likeness (QED) is 0.323. The monoisotopic (exact) mass is 476 g/mol. The molecule has 33 heavy (non-hydrogen) atoms. The van der Waals surface area contributed by atoms with Crippen LogP contribution in [0, 0.1) is 10.1 Å². The molecule has 1 heterocycles. The van der Waals surface area contributed by atoms with E-state index in [-0.39, 0.29) is 41.0 Å². The third kappa shape index (κ3) is 5.60. The predicted molar refractivity (Wildman–Crippen MR) is 124 cm³/mol. The van der Waals surface area contributed by atoms with Crippen LogP contribution in [-0.2, 0) is 10.0 Å². The number of nitro benzene ring substituents is 1. The predicted octanol–water partition coefficient (Wildman–Crippen LogP) is 3.01. The molecule has 1 aliphatic rings. The van der Waals surface area contributed by atoms with Crippen molar-refractivity contribution in [3.8, 4) is 5.75 Å². The molecular weight excluding hydrogens is 448 g/mol. The van der Waals surface area contributed by atoms with Gasteiger partial charge in [0.15, 0.2) is 0 Å². The Balaban J connectivity index is 1.70. The lowest BCUT2D eigenvalue weighted by atomic mass is 10.1. The zero-order valence-electron chi connectivity index (χ0n) is 18.6. The molecule has 0 bridgehead atoms. The van der Waals surface area contributed by atoms with Gasteiger partial charge in [0.2, 0.25) is 10.0 Å². The van der Waals surface area contributed by atoms with E-state index in [0.29, 0.717) is 12.2 Å². The summed E-state index contributed by atoms with van der Waals surface area (Å²) in [6.07, 6.45) is 2.56. The summed E-state index contributed by atoms with van der Waals surface area (Å²) in [6, 6.07) is 10.4. The molecule has 1 aliphatic heterocycles. The average molecular weight is 477 g/mol. The molecular formula is C22H28N4O6S. The Kier molecular flexibility index (Phi) is 7.88. The molecule has 0 aliphatic carbocycles. The summed E-state index contributed by atoms with van der Waals surface area (Å²) in [5.74, 6) is -0.271. The number of ether oxygens (including phenoxy) is 1. The number of para-hydroxylation sites is 2. The van der Waals surface area contributed by atoms with E-state index >= 15 is 0 Å². The number of carbonyl (C=O) groups is 1. The Morgan fingerprint density at radius 1 is 1.21 bits per heavy atom. The second-order valence-electron chi connectivity index (χ2n) is 7.78. The highest BCUT2D eigenvalue weighted by atomic mass is 32.2. The number of hydrogen-bond acceptors (Lipinski definition) is 7. The number of rotatable bonds is 9. The van der Waals surface area contributed by atoms with Gasteiger partial charge in [-0.3, -0.25) is 14.9 Å². The highest BCUT2D eigenvalue weighted by molar-refractivity contribution is 7.89. The number of nitrogens with zero attached hydrogens (tertiary/aromatic N) is 2. The van der Waals surface area contributed by atoms with E-state index in [9.17, 15) is 23.3 Å². The van der Waals surface area contributed by atoms with Gasteiger partial charge in [0.25, 0.3) is 11.6 Å². The van der Waals surface area contributed by atoms with E-state index < -0.39 is 20.9 Å². The first kappa shape index (κ1) is 24.5. The molecule has 1 fully saturated rings. The normalized spacial score (nSPS) is 16.7. The minimum Gasteiger partial charge on any atom is -0.495 e. The van der Waals surface area contributed by atoms with Crippen LogP contribution in [0.1, 0.15) is 36.5 Å². The van der Waals surface area contributed by atoms with E-state index in [1.54, 1.807) is 18.2 Å². The number of hydrogen-bond donors (Lipinski definition) is 2. The van der Waals surface area contributed by atoms with E-state index in [0.717, 1.165) is 19.3 Å². The Morgan fingerprint density at radius 3 is 2.67 bits per heavy atom. The number of sulfonamides is 1. The molecule has 2 aromatic rings. The molecule has 2 aromatic carbocycles. The van der Waals surface area contributed by atoms with Gasteiger partial charge in [-0.1, -0.05) is 18.6 Å². The minimum atomic E-state index is -3.83. The topological polar surface area (TPSA) is 131 Å². The summed E-state index contributed by atoms with van der Waals surface area (Å²) >= 11 is 0. The number of nitrogens with one attached hydrogen (secondary N) is 2. The largest absolute Gasteiger partial charge is 0.495 e. The molecule has 0 radical (unpaired) electrons. The highest BCUT2D eigenvalue weighted by Gasteiger charge is 2.33. The maximum Gasteiger partial charge on any atom is 0.292 e. The summed E-state index contributed by atoms with van der Waals surface area (Å²) in [7, 11) is -2.44. The van der Waals surface area contributed by atoms with E-state index in [1.165, 1.54) is 35.7 Å². The van der Waals surface area contributed by atoms with Gasteiger partial charge in [-0.15, -0.1) is 0 Å². The van der Waals surface area contributed by atoms with E-state index in [4.69, 9.17) is 4.74 Å². The van der Waals surface area contributed by atoms with Crippen LogP contribution in [0.5, 0.6) is 5.75 Å². The molecule has 0 saturated carbocycles. The van der Waals surface area contributed by atoms with E-state index in [2.05, 4.69) is 10.6 Å².